The normalized spacial score (nSPS) is 28.2. The molecule has 0 spiro atoms. The van der Waals surface area contributed by atoms with Crippen molar-refractivity contribution in [3.05, 3.63) is 12.2 Å². The van der Waals surface area contributed by atoms with Crippen LogP contribution in [0.4, 0.5) is 0 Å². The number of rotatable bonds is 2. The highest BCUT2D eigenvalue weighted by atomic mass is 15.3. The molecule has 1 unspecified atom stereocenters. The van der Waals surface area contributed by atoms with Gasteiger partial charge in [0.15, 0.2) is 0 Å². The summed E-state index contributed by atoms with van der Waals surface area (Å²) < 4.78 is 1.85. The van der Waals surface area contributed by atoms with Gasteiger partial charge in [0.25, 0.3) is 0 Å². The van der Waals surface area contributed by atoms with E-state index in [9.17, 15) is 0 Å². The summed E-state index contributed by atoms with van der Waals surface area (Å²) in [4.78, 5) is 4.24. The fraction of sp³-hybridized carbons (Fsp3) is 0.778. The van der Waals surface area contributed by atoms with Crippen molar-refractivity contribution in [1.82, 2.24) is 20.1 Å². The molecule has 1 aliphatic heterocycles. The van der Waals surface area contributed by atoms with E-state index in [4.69, 9.17) is 0 Å². The lowest BCUT2D eigenvalue weighted by Crippen LogP contribution is -2.39. The first-order chi connectivity index (χ1) is 6.20. The van der Waals surface area contributed by atoms with Crippen molar-refractivity contribution in [2.45, 2.75) is 31.7 Å². The first kappa shape index (κ1) is 8.69. The molecule has 2 heterocycles. The Balaban J connectivity index is 2.09. The molecule has 0 radical (unpaired) electrons. The second-order valence-corrected chi connectivity index (χ2v) is 4.07. The van der Waals surface area contributed by atoms with Gasteiger partial charge in [0.2, 0.25) is 0 Å². The topological polar surface area (TPSA) is 42.7 Å². The molecule has 13 heavy (non-hydrogen) atoms. The van der Waals surface area contributed by atoms with Crippen LogP contribution in [0, 0.1) is 0 Å². The van der Waals surface area contributed by atoms with E-state index in [1.54, 1.807) is 6.33 Å². The summed E-state index contributed by atoms with van der Waals surface area (Å²) in [7, 11) is 1.95. The van der Waals surface area contributed by atoms with Crippen LogP contribution in [0.5, 0.6) is 0 Å². The van der Waals surface area contributed by atoms with Gasteiger partial charge in [-0.1, -0.05) is 0 Å². The van der Waals surface area contributed by atoms with Gasteiger partial charge in [0, 0.05) is 19.0 Å². The predicted octanol–water partition coefficient (Wildman–Crippen LogP) is 0.500. The van der Waals surface area contributed by atoms with Crippen LogP contribution >= 0.6 is 0 Å². The van der Waals surface area contributed by atoms with Crippen LogP contribution in [0.1, 0.15) is 25.6 Å². The number of aromatic nitrogens is 3. The molecule has 1 atom stereocenters. The van der Waals surface area contributed by atoms with Gasteiger partial charge >= 0.3 is 0 Å². The zero-order valence-electron chi connectivity index (χ0n) is 8.25. The fourth-order valence-corrected chi connectivity index (χ4v) is 1.94. The van der Waals surface area contributed by atoms with E-state index >= 15 is 0 Å². The first-order valence-electron chi connectivity index (χ1n) is 4.78. The molecule has 1 aromatic rings. The molecule has 2 rings (SSSR count). The SMILES string of the molecule is Cn1ncnc1CC1(C)CCCN1. The largest absolute Gasteiger partial charge is 0.311 e. The fourth-order valence-electron chi connectivity index (χ4n) is 1.94. The highest BCUT2D eigenvalue weighted by Crippen LogP contribution is 2.21. The Morgan fingerprint density at radius 1 is 1.69 bits per heavy atom. The lowest BCUT2D eigenvalue weighted by atomic mass is 9.96. The molecule has 1 N–H and O–H groups in total. The number of nitrogens with zero attached hydrogens (tertiary/aromatic N) is 3. The van der Waals surface area contributed by atoms with Crippen LogP contribution < -0.4 is 5.32 Å². The maximum atomic E-state index is 4.24. The monoisotopic (exact) mass is 180 g/mol. The van der Waals surface area contributed by atoms with Crippen molar-refractivity contribution in [2.24, 2.45) is 7.05 Å². The summed E-state index contributed by atoms with van der Waals surface area (Å²) in [6.45, 7) is 3.39. The number of nitrogens with one attached hydrogen (secondary N) is 1. The quantitative estimate of drug-likeness (QED) is 0.720. The predicted molar refractivity (Wildman–Crippen MR) is 50.3 cm³/mol. The van der Waals surface area contributed by atoms with Gasteiger partial charge in [-0.05, 0) is 26.3 Å². The van der Waals surface area contributed by atoms with E-state index in [1.165, 1.54) is 12.8 Å². The third kappa shape index (κ3) is 1.72. The van der Waals surface area contributed by atoms with Crippen LogP contribution in [0.15, 0.2) is 6.33 Å². The van der Waals surface area contributed by atoms with Gasteiger partial charge in [-0.15, -0.1) is 0 Å². The molecular formula is C9H16N4. The Labute approximate surface area is 78.4 Å². The Morgan fingerprint density at radius 3 is 3.08 bits per heavy atom. The summed E-state index contributed by atoms with van der Waals surface area (Å²) in [5, 5.41) is 7.58. The van der Waals surface area contributed by atoms with Crippen molar-refractivity contribution in [3.8, 4) is 0 Å². The highest BCUT2D eigenvalue weighted by Gasteiger charge is 2.29. The molecule has 0 aliphatic carbocycles. The molecule has 1 aliphatic rings. The van der Waals surface area contributed by atoms with Crippen LogP contribution in [0.3, 0.4) is 0 Å². The third-order valence-electron chi connectivity index (χ3n) is 2.81. The lowest BCUT2D eigenvalue weighted by Gasteiger charge is -2.23. The van der Waals surface area contributed by atoms with Gasteiger partial charge in [-0.3, -0.25) is 4.68 Å². The average molecular weight is 180 g/mol. The Bertz CT molecular complexity index is 286. The Kier molecular flexibility index (Phi) is 2.07. The highest BCUT2D eigenvalue weighted by molar-refractivity contribution is 4.99. The van der Waals surface area contributed by atoms with E-state index in [0.717, 1.165) is 18.8 Å². The summed E-state index contributed by atoms with van der Waals surface area (Å²) in [6.07, 6.45) is 5.10. The summed E-state index contributed by atoms with van der Waals surface area (Å²) >= 11 is 0. The van der Waals surface area contributed by atoms with Crippen molar-refractivity contribution >= 4 is 0 Å². The average Bonchev–Trinajstić information content (AvgIpc) is 2.64. The van der Waals surface area contributed by atoms with Gasteiger partial charge in [-0.2, -0.15) is 5.10 Å². The van der Waals surface area contributed by atoms with Crippen LogP contribution in [-0.4, -0.2) is 26.8 Å². The third-order valence-corrected chi connectivity index (χ3v) is 2.81. The minimum atomic E-state index is 0.237. The molecule has 0 amide bonds. The van der Waals surface area contributed by atoms with Crippen molar-refractivity contribution in [1.29, 1.82) is 0 Å². The Morgan fingerprint density at radius 2 is 2.54 bits per heavy atom. The van der Waals surface area contributed by atoms with Crippen LogP contribution in [-0.2, 0) is 13.5 Å². The van der Waals surface area contributed by atoms with Gasteiger partial charge in [-0.25, -0.2) is 4.98 Å². The summed E-state index contributed by atoms with van der Waals surface area (Å²) in [5.41, 5.74) is 0.237. The Hall–Kier alpha value is -0.900. The minimum Gasteiger partial charge on any atom is -0.311 e. The standard InChI is InChI=1S/C9H16N4/c1-9(4-3-5-11-9)6-8-10-7-12-13(8)2/h7,11H,3-6H2,1-2H3. The lowest BCUT2D eigenvalue weighted by molar-refractivity contribution is 0.397. The van der Waals surface area contributed by atoms with Gasteiger partial charge < -0.3 is 5.32 Å². The van der Waals surface area contributed by atoms with Crippen molar-refractivity contribution in [2.75, 3.05) is 6.54 Å². The molecule has 0 saturated carbocycles. The van der Waals surface area contributed by atoms with Gasteiger partial charge in [0.1, 0.15) is 12.2 Å². The number of hydrogen-bond acceptors (Lipinski definition) is 3. The molecular weight excluding hydrogens is 164 g/mol. The molecule has 0 bridgehead atoms. The van der Waals surface area contributed by atoms with Crippen molar-refractivity contribution in [3.63, 3.8) is 0 Å². The van der Waals surface area contributed by atoms with E-state index in [1.807, 2.05) is 11.7 Å². The van der Waals surface area contributed by atoms with E-state index < -0.39 is 0 Å². The summed E-state index contributed by atoms with van der Waals surface area (Å²) in [6, 6.07) is 0. The number of aryl methyl sites for hydroxylation is 1. The van der Waals surface area contributed by atoms with Gasteiger partial charge in [0.05, 0.1) is 0 Å². The number of hydrogen-bond donors (Lipinski definition) is 1. The van der Waals surface area contributed by atoms with Crippen LogP contribution in [0.2, 0.25) is 0 Å². The zero-order valence-corrected chi connectivity index (χ0v) is 8.25. The first-order valence-corrected chi connectivity index (χ1v) is 4.78. The summed E-state index contributed by atoms with van der Waals surface area (Å²) in [5.74, 6) is 1.07. The molecule has 1 aromatic heterocycles. The maximum absolute atomic E-state index is 4.24. The molecule has 4 heteroatoms. The second kappa shape index (κ2) is 3.10. The van der Waals surface area contributed by atoms with E-state index in [-0.39, 0.29) is 5.54 Å². The van der Waals surface area contributed by atoms with Crippen molar-refractivity contribution < 1.29 is 0 Å². The molecule has 72 valence electrons. The zero-order chi connectivity index (χ0) is 9.31. The van der Waals surface area contributed by atoms with Crippen LogP contribution in [0.25, 0.3) is 0 Å². The maximum Gasteiger partial charge on any atom is 0.138 e. The minimum absolute atomic E-state index is 0.237. The molecule has 4 nitrogen and oxygen atoms in total. The molecule has 1 fully saturated rings. The molecule has 0 aromatic carbocycles. The second-order valence-electron chi connectivity index (χ2n) is 4.07. The smallest absolute Gasteiger partial charge is 0.138 e. The molecule has 1 saturated heterocycles. The van der Waals surface area contributed by atoms with E-state index in [2.05, 4.69) is 22.3 Å². The van der Waals surface area contributed by atoms with E-state index in [0.29, 0.717) is 0 Å².